The third-order valence-corrected chi connectivity index (χ3v) is 5.13. The van der Waals surface area contributed by atoms with Crippen molar-refractivity contribution in [3.05, 3.63) is 29.8 Å². The smallest absolute Gasteiger partial charge is 0.157 e. The van der Waals surface area contributed by atoms with Crippen LogP contribution < -0.4 is 10.1 Å². The van der Waals surface area contributed by atoms with Crippen molar-refractivity contribution in [3.63, 3.8) is 0 Å². The maximum Gasteiger partial charge on any atom is 0.157 e. The molecule has 3 rings (SSSR count). The molecule has 0 aromatic heterocycles. The fraction of sp³-hybridized carbons (Fsp3) is 0.538. The van der Waals surface area contributed by atoms with Gasteiger partial charge in [0, 0.05) is 18.7 Å². The van der Waals surface area contributed by atoms with Gasteiger partial charge in [0.05, 0.1) is 24.2 Å². The second kappa shape index (κ2) is 5.11. The van der Waals surface area contributed by atoms with Crippen molar-refractivity contribution in [2.75, 3.05) is 31.2 Å². The standard InChI is InChI=1S/C13H17NO4S/c15-19(16)8-10(9-19)18-12-4-2-1-3-11(12)13-7-14-5-6-17-13/h1-4,10,13-14H,5-9H2. The number of ether oxygens (including phenoxy) is 2. The highest BCUT2D eigenvalue weighted by Crippen LogP contribution is 2.30. The molecule has 0 radical (unpaired) electrons. The molecule has 1 unspecified atom stereocenters. The molecule has 0 spiro atoms. The quantitative estimate of drug-likeness (QED) is 0.876. The summed E-state index contributed by atoms with van der Waals surface area (Å²) in [4.78, 5) is 0. The highest BCUT2D eigenvalue weighted by molar-refractivity contribution is 7.92. The SMILES string of the molecule is O=S1(=O)CC(Oc2ccccc2C2CNCCO2)C1. The molecule has 104 valence electrons. The molecule has 0 bridgehead atoms. The second-order valence-corrected chi connectivity index (χ2v) is 7.07. The monoisotopic (exact) mass is 283 g/mol. The van der Waals surface area contributed by atoms with Crippen LogP contribution in [0, 0.1) is 0 Å². The number of nitrogens with one attached hydrogen (secondary N) is 1. The van der Waals surface area contributed by atoms with Crippen molar-refractivity contribution in [2.45, 2.75) is 12.2 Å². The van der Waals surface area contributed by atoms with E-state index in [1.165, 1.54) is 0 Å². The Morgan fingerprint density at radius 2 is 2.05 bits per heavy atom. The van der Waals surface area contributed by atoms with Crippen molar-refractivity contribution < 1.29 is 17.9 Å². The summed E-state index contributed by atoms with van der Waals surface area (Å²) in [5, 5.41) is 3.28. The van der Waals surface area contributed by atoms with Gasteiger partial charge in [0.15, 0.2) is 9.84 Å². The Morgan fingerprint density at radius 1 is 1.26 bits per heavy atom. The summed E-state index contributed by atoms with van der Waals surface area (Å²) in [5.74, 6) is 0.965. The van der Waals surface area contributed by atoms with Crippen molar-refractivity contribution in [1.29, 1.82) is 0 Å². The minimum Gasteiger partial charge on any atom is -0.488 e. The Hall–Kier alpha value is -1.11. The third-order valence-electron chi connectivity index (χ3n) is 3.37. The Labute approximate surface area is 112 Å². The van der Waals surface area contributed by atoms with E-state index in [1.807, 2.05) is 24.3 Å². The van der Waals surface area contributed by atoms with E-state index in [1.54, 1.807) is 0 Å². The van der Waals surface area contributed by atoms with Gasteiger partial charge in [0.2, 0.25) is 0 Å². The van der Waals surface area contributed by atoms with Crippen LogP contribution in [0.15, 0.2) is 24.3 Å². The lowest BCUT2D eigenvalue weighted by atomic mass is 10.1. The lowest BCUT2D eigenvalue weighted by molar-refractivity contribution is 0.0253. The molecule has 1 aromatic rings. The van der Waals surface area contributed by atoms with E-state index in [-0.39, 0.29) is 23.7 Å². The molecule has 1 atom stereocenters. The average molecular weight is 283 g/mol. The molecule has 2 aliphatic rings. The molecular weight excluding hydrogens is 266 g/mol. The molecule has 2 heterocycles. The summed E-state index contributed by atoms with van der Waals surface area (Å²) < 4.78 is 33.8. The van der Waals surface area contributed by atoms with E-state index in [0.717, 1.165) is 24.4 Å². The van der Waals surface area contributed by atoms with E-state index in [2.05, 4.69) is 5.32 Å². The molecule has 2 aliphatic heterocycles. The Kier molecular flexibility index (Phi) is 3.47. The van der Waals surface area contributed by atoms with Gasteiger partial charge in [-0.15, -0.1) is 0 Å². The van der Waals surface area contributed by atoms with E-state index >= 15 is 0 Å². The lowest BCUT2D eigenvalue weighted by Gasteiger charge is -2.30. The first-order valence-corrected chi connectivity index (χ1v) is 8.24. The molecule has 0 aliphatic carbocycles. The van der Waals surface area contributed by atoms with Crippen molar-refractivity contribution in [2.24, 2.45) is 0 Å². The Morgan fingerprint density at radius 3 is 2.74 bits per heavy atom. The van der Waals surface area contributed by atoms with Crippen LogP contribution in [0.4, 0.5) is 0 Å². The van der Waals surface area contributed by atoms with Gasteiger partial charge in [0.25, 0.3) is 0 Å². The lowest BCUT2D eigenvalue weighted by Crippen LogP contribution is -2.45. The number of hydrogen-bond acceptors (Lipinski definition) is 5. The van der Waals surface area contributed by atoms with Gasteiger partial charge in [0.1, 0.15) is 11.9 Å². The van der Waals surface area contributed by atoms with E-state index in [4.69, 9.17) is 9.47 Å². The molecule has 1 N–H and O–H groups in total. The molecule has 6 heteroatoms. The summed E-state index contributed by atoms with van der Waals surface area (Å²) in [6.45, 7) is 2.29. The topological polar surface area (TPSA) is 64.6 Å². The maximum atomic E-state index is 11.2. The minimum absolute atomic E-state index is 0.0263. The number of hydrogen-bond donors (Lipinski definition) is 1. The van der Waals surface area contributed by atoms with Gasteiger partial charge >= 0.3 is 0 Å². The summed E-state index contributed by atoms with van der Waals surface area (Å²) in [6.07, 6.45) is -0.246. The average Bonchev–Trinajstić information content (AvgIpc) is 2.38. The largest absolute Gasteiger partial charge is 0.488 e. The summed E-state index contributed by atoms with van der Waals surface area (Å²) in [7, 11) is -2.86. The molecule has 5 nitrogen and oxygen atoms in total. The van der Waals surface area contributed by atoms with E-state index in [0.29, 0.717) is 6.61 Å². The molecular formula is C13H17NO4S. The molecule has 2 saturated heterocycles. The van der Waals surface area contributed by atoms with E-state index < -0.39 is 9.84 Å². The van der Waals surface area contributed by atoms with Crippen LogP contribution in [-0.2, 0) is 14.6 Å². The second-order valence-electron chi connectivity index (χ2n) is 4.92. The van der Waals surface area contributed by atoms with Crippen molar-refractivity contribution in [3.8, 4) is 5.75 Å². The zero-order valence-corrected chi connectivity index (χ0v) is 11.4. The summed E-state index contributed by atoms with van der Waals surface area (Å²) in [6, 6.07) is 7.68. The first kappa shape index (κ1) is 12.9. The third kappa shape index (κ3) is 2.91. The van der Waals surface area contributed by atoms with Crippen molar-refractivity contribution >= 4 is 9.84 Å². The zero-order chi connectivity index (χ0) is 13.3. The van der Waals surface area contributed by atoms with Gasteiger partial charge in [-0.2, -0.15) is 0 Å². The van der Waals surface area contributed by atoms with Gasteiger partial charge in [-0.1, -0.05) is 18.2 Å². The van der Waals surface area contributed by atoms with Crippen LogP contribution in [0.25, 0.3) is 0 Å². The molecule has 0 amide bonds. The molecule has 0 saturated carbocycles. The van der Waals surface area contributed by atoms with Crippen LogP contribution >= 0.6 is 0 Å². The summed E-state index contributed by atoms with van der Waals surface area (Å²) in [5.41, 5.74) is 0.985. The number of benzene rings is 1. The highest BCUT2D eigenvalue weighted by atomic mass is 32.2. The first-order valence-electron chi connectivity index (χ1n) is 6.42. The van der Waals surface area contributed by atoms with Crippen LogP contribution in [0.3, 0.4) is 0 Å². The highest BCUT2D eigenvalue weighted by Gasteiger charge is 2.36. The number of morpholine rings is 1. The maximum absolute atomic E-state index is 11.2. The normalized spacial score (nSPS) is 26.6. The Bertz CT molecular complexity index is 540. The molecule has 1 aromatic carbocycles. The fourth-order valence-corrected chi connectivity index (χ4v) is 3.56. The number of sulfone groups is 1. The van der Waals surface area contributed by atoms with E-state index in [9.17, 15) is 8.42 Å². The van der Waals surface area contributed by atoms with Crippen LogP contribution in [0.2, 0.25) is 0 Å². The van der Waals surface area contributed by atoms with Gasteiger partial charge < -0.3 is 14.8 Å². The van der Waals surface area contributed by atoms with Crippen LogP contribution in [0.1, 0.15) is 11.7 Å². The minimum atomic E-state index is -2.86. The Balaban J connectivity index is 1.74. The van der Waals surface area contributed by atoms with Gasteiger partial charge in [-0.25, -0.2) is 8.42 Å². The number of para-hydroxylation sites is 1. The van der Waals surface area contributed by atoms with Crippen LogP contribution in [0.5, 0.6) is 5.75 Å². The fourth-order valence-electron chi connectivity index (χ4n) is 2.38. The predicted octanol–water partition coefficient (Wildman–Crippen LogP) is 0.523. The van der Waals surface area contributed by atoms with Crippen LogP contribution in [-0.4, -0.2) is 45.7 Å². The summed E-state index contributed by atoms with van der Waals surface area (Å²) >= 11 is 0. The first-order chi connectivity index (χ1) is 9.14. The van der Waals surface area contributed by atoms with Gasteiger partial charge in [-0.05, 0) is 6.07 Å². The number of rotatable bonds is 3. The predicted molar refractivity (Wildman–Crippen MR) is 71.1 cm³/mol. The molecule has 2 fully saturated rings. The van der Waals surface area contributed by atoms with Crippen molar-refractivity contribution in [1.82, 2.24) is 5.32 Å². The molecule has 19 heavy (non-hydrogen) atoms. The zero-order valence-electron chi connectivity index (χ0n) is 10.5. The van der Waals surface area contributed by atoms with Gasteiger partial charge in [-0.3, -0.25) is 0 Å².